The van der Waals surface area contributed by atoms with Crippen LogP contribution in [0.2, 0.25) is 0 Å². The fourth-order valence-electron chi connectivity index (χ4n) is 2.32. The summed E-state index contributed by atoms with van der Waals surface area (Å²) in [5.74, 6) is 0. The maximum atomic E-state index is 3.66. The van der Waals surface area contributed by atoms with Crippen molar-refractivity contribution in [3.05, 3.63) is 59.9 Å². The van der Waals surface area contributed by atoms with Crippen LogP contribution in [0.5, 0.6) is 0 Å². The van der Waals surface area contributed by atoms with Gasteiger partial charge in [-0.15, -0.1) is 0 Å². The van der Waals surface area contributed by atoms with Crippen LogP contribution < -0.4 is 5.32 Å². The van der Waals surface area contributed by atoms with Crippen molar-refractivity contribution in [1.29, 1.82) is 0 Å². The fourth-order valence-corrected chi connectivity index (χ4v) is 2.32. The van der Waals surface area contributed by atoms with Gasteiger partial charge in [0.25, 0.3) is 0 Å². The van der Waals surface area contributed by atoms with Gasteiger partial charge < -0.3 is 10.3 Å². The monoisotopic (exact) mass is 256 g/mol. The molecule has 19 heavy (non-hydrogen) atoms. The first-order valence-electron chi connectivity index (χ1n) is 6.95. The minimum Gasteiger partial charge on any atom is -0.364 e. The van der Waals surface area contributed by atoms with Crippen molar-refractivity contribution in [3.8, 4) is 0 Å². The largest absolute Gasteiger partial charge is 0.364 e. The molecule has 1 atom stereocenters. The average Bonchev–Trinajstić information content (AvgIpc) is 2.87. The van der Waals surface area contributed by atoms with Gasteiger partial charge >= 0.3 is 0 Å². The molecule has 2 aromatic rings. The second kappa shape index (κ2) is 6.07. The Balaban J connectivity index is 2.06. The molecule has 0 amide bonds. The molecule has 0 bridgehead atoms. The van der Waals surface area contributed by atoms with E-state index in [-0.39, 0.29) is 0 Å². The summed E-state index contributed by atoms with van der Waals surface area (Å²) >= 11 is 0. The second-order valence-electron chi connectivity index (χ2n) is 6.30. The first-order chi connectivity index (χ1) is 9.04. The van der Waals surface area contributed by atoms with Crippen molar-refractivity contribution in [2.45, 2.75) is 39.8 Å². The Morgan fingerprint density at radius 1 is 1.05 bits per heavy atom. The molecule has 0 saturated carbocycles. The molecule has 0 aliphatic heterocycles. The van der Waals surface area contributed by atoms with Crippen molar-refractivity contribution >= 4 is 0 Å². The van der Waals surface area contributed by atoms with E-state index in [0.717, 1.165) is 13.0 Å². The first-order valence-corrected chi connectivity index (χ1v) is 6.95. The summed E-state index contributed by atoms with van der Waals surface area (Å²) in [6.07, 6.45) is 3.09. The SMILES string of the molecule is CC(C)(C)CC(NCc1ccc[nH]1)c1ccccc1. The second-order valence-corrected chi connectivity index (χ2v) is 6.30. The highest BCUT2D eigenvalue weighted by atomic mass is 14.9. The molecular formula is C17H24N2. The van der Waals surface area contributed by atoms with Gasteiger partial charge in [0.2, 0.25) is 0 Å². The number of rotatable bonds is 5. The fraction of sp³-hybridized carbons (Fsp3) is 0.412. The molecule has 1 heterocycles. The molecule has 1 unspecified atom stereocenters. The summed E-state index contributed by atoms with van der Waals surface area (Å²) in [5, 5.41) is 3.66. The topological polar surface area (TPSA) is 27.8 Å². The quantitative estimate of drug-likeness (QED) is 0.821. The van der Waals surface area contributed by atoms with E-state index in [1.807, 2.05) is 12.3 Å². The van der Waals surface area contributed by atoms with E-state index in [1.165, 1.54) is 11.3 Å². The third-order valence-corrected chi connectivity index (χ3v) is 3.22. The minimum absolute atomic E-state index is 0.309. The van der Waals surface area contributed by atoms with Crippen LogP contribution >= 0.6 is 0 Å². The lowest BCUT2D eigenvalue weighted by atomic mass is 9.85. The Hall–Kier alpha value is -1.54. The summed E-state index contributed by atoms with van der Waals surface area (Å²) in [7, 11) is 0. The molecule has 0 aliphatic rings. The zero-order valence-corrected chi connectivity index (χ0v) is 12.1. The summed E-state index contributed by atoms with van der Waals surface area (Å²) in [4.78, 5) is 3.24. The molecule has 0 saturated heterocycles. The molecule has 0 fully saturated rings. The van der Waals surface area contributed by atoms with Crippen molar-refractivity contribution in [1.82, 2.24) is 10.3 Å². The smallest absolute Gasteiger partial charge is 0.0362 e. The third kappa shape index (κ3) is 4.56. The Kier molecular flexibility index (Phi) is 4.43. The average molecular weight is 256 g/mol. The summed E-state index contributed by atoms with van der Waals surface area (Å²) in [5.41, 5.74) is 2.90. The maximum absolute atomic E-state index is 3.66. The molecule has 0 aliphatic carbocycles. The van der Waals surface area contributed by atoms with Crippen LogP contribution in [0.4, 0.5) is 0 Å². The van der Waals surface area contributed by atoms with Gasteiger partial charge in [-0.1, -0.05) is 51.1 Å². The lowest BCUT2D eigenvalue weighted by molar-refractivity contribution is 0.309. The van der Waals surface area contributed by atoms with E-state index < -0.39 is 0 Å². The molecule has 0 spiro atoms. The molecule has 0 radical (unpaired) electrons. The normalized spacial score (nSPS) is 13.4. The number of hydrogen-bond donors (Lipinski definition) is 2. The molecule has 1 aromatic carbocycles. The van der Waals surface area contributed by atoms with Crippen LogP contribution in [0.15, 0.2) is 48.7 Å². The van der Waals surface area contributed by atoms with E-state index in [2.05, 4.69) is 67.5 Å². The summed E-state index contributed by atoms with van der Waals surface area (Å²) < 4.78 is 0. The predicted molar refractivity (Wildman–Crippen MR) is 80.9 cm³/mol. The van der Waals surface area contributed by atoms with Crippen LogP contribution in [-0.4, -0.2) is 4.98 Å². The standard InChI is InChI=1S/C17H24N2/c1-17(2,3)12-16(14-8-5-4-6-9-14)19-13-15-10-7-11-18-15/h4-11,16,18-19H,12-13H2,1-3H3. The van der Waals surface area contributed by atoms with E-state index >= 15 is 0 Å². The number of H-pyrrole nitrogens is 1. The summed E-state index contributed by atoms with van der Waals surface area (Å²) in [6, 6.07) is 15.3. The van der Waals surface area contributed by atoms with Gasteiger partial charge in [-0.25, -0.2) is 0 Å². The minimum atomic E-state index is 0.309. The highest BCUT2D eigenvalue weighted by molar-refractivity contribution is 5.19. The maximum Gasteiger partial charge on any atom is 0.0362 e. The van der Waals surface area contributed by atoms with Crippen LogP contribution in [-0.2, 0) is 6.54 Å². The zero-order chi connectivity index (χ0) is 13.7. The molecule has 2 nitrogen and oxygen atoms in total. The molecule has 2 N–H and O–H groups in total. The van der Waals surface area contributed by atoms with Crippen LogP contribution in [0.25, 0.3) is 0 Å². The van der Waals surface area contributed by atoms with Crippen molar-refractivity contribution < 1.29 is 0 Å². The molecule has 2 heteroatoms. The number of nitrogens with one attached hydrogen (secondary N) is 2. The van der Waals surface area contributed by atoms with Gasteiger partial charge in [-0.05, 0) is 29.5 Å². The number of aromatic nitrogens is 1. The molecular weight excluding hydrogens is 232 g/mol. The van der Waals surface area contributed by atoms with Crippen LogP contribution in [0, 0.1) is 5.41 Å². The van der Waals surface area contributed by atoms with Crippen molar-refractivity contribution in [2.24, 2.45) is 5.41 Å². The van der Waals surface area contributed by atoms with E-state index in [0.29, 0.717) is 11.5 Å². The van der Waals surface area contributed by atoms with Crippen LogP contribution in [0.3, 0.4) is 0 Å². The Bertz CT molecular complexity index is 466. The molecule has 1 aromatic heterocycles. The van der Waals surface area contributed by atoms with Gasteiger partial charge in [0.1, 0.15) is 0 Å². The Morgan fingerprint density at radius 3 is 2.37 bits per heavy atom. The molecule has 2 rings (SSSR count). The van der Waals surface area contributed by atoms with Gasteiger partial charge in [0, 0.05) is 24.5 Å². The predicted octanol–water partition coefficient (Wildman–Crippen LogP) is 4.28. The third-order valence-electron chi connectivity index (χ3n) is 3.22. The van der Waals surface area contributed by atoms with Crippen LogP contribution in [0.1, 0.15) is 44.5 Å². The number of aromatic amines is 1. The Labute approximate surface area is 116 Å². The number of hydrogen-bond acceptors (Lipinski definition) is 1. The van der Waals surface area contributed by atoms with Crippen molar-refractivity contribution in [3.63, 3.8) is 0 Å². The zero-order valence-electron chi connectivity index (χ0n) is 12.1. The van der Waals surface area contributed by atoms with E-state index in [4.69, 9.17) is 0 Å². The van der Waals surface area contributed by atoms with Crippen molar-refractivity contribution in [2.75, 3.05) is 0 Å². The van der Waals surface area contributed by atoms with E-state index in [1.54, 1.807) is 0 Å². The number of benzene rings is 1. The van der Waals surface area contributed by atoms with E-state index in [9.17, 15) is 0 Å². The Morgan fingerprint density at radius 2 is 1.79 bits per heavy atom. The first kappa shape index (κ1) is 13.9. The highest BCUT2D eigenvalue weighted by Gasteiger charge is 2.19. The van der Waals surface area contributed by atoms with Gasteiger partial charge in [-0.2, -0.15) is 0 Å². The van der Waals surface area contributed by atoms with Gasteiger partial charge in [0.15, 0.2) is 0 Å². The lowest BCUT2D eigenvalue weighted by Crippen LogP contribution is -2.25. The lowest BCUT2D eigenvalue weighted by Gasteiger charge is -2.27. The summed E-state index contributed by atoms with van der Waals surface area (Å²) in [6.45, 7) is 7.75. The van der Waals surface area contributed by atoms with Gasteiger partial charge in [-0.3, -0.25) is 0 Å². The van der Waals surface area contributed by atoms with Gasteiger partial charge in [0.05, 0.1) is 0 Å². The highest BCUT2D eigenvalue weighted by Crippen LogP contribution is 2.29. The molecule has 102 valence electrons.